The van der Waals surface area contributed by atoms with Gasteiger partial charge in [0.25, 0.3) is 0 Å². The standard InChI is InChI=1S/C51H36/c1-4-16-37(17-5-1)51(38-18-6-2-7-19-38,39-20-8-3-9-21-39)40-31-28-35(29-32-40)49-46-27-15-12-24-43(46)48-34-36(30-33-47(48)49)50-44-25-13-10-22-41(44)42-23-11-14-26-45(42)50/h1-34,49-50H. The Kier molecular flexibility index (Phi) is 6.96. The van der Waals surface area contributed by atoms with E-state index >= 15 is 0 Å². The number of hydrogen-bond donors (Lipinski definition) is 0. The normalized spacial score (nSPS) is 14.4. The summed E-state index contributed by atoms with van der Waals surface area (Å²) in [6.07, 6.45) is 0. The second-order valence-corrected chi connectivity index (χ2v) is 13.9. The third-order valence-corrected chi connectivity index (χ3v) is 11.4. The first kappa shape index (κ1) is 29.7. The molecule has 51 heavy (non-hydrogen) atoms. The summed E-state index contributed by atoms with van der Waals surface area (Å²) in [5.74, 6) is 0.400. The molecule has 0 saturated carbocycles. The Morgan fingerprint density at radius 3 is 1.06 bits per heavy atom. The van der Waals surface area contributed by atoms with Crippen LogP contribution in [0.4, 0.5) is 0 Å². The monoisotopic (exact) mass is 648 g/mol. The molecule has 0 saturated heterocycles. The van der Waals surface area contributed by atoms with Gasteiger partial charge in [-0.25, -0.2) is 0 Å². The molecular formula is C51H36. The van der Waals surface area contributed by atoms with Crippen LogP contribution in [0.3, 0.4) is 0 Å². The van der Waals surface area contributed by atoms with E-state index in [9.17, 15) is 0 Å². The lowest BCUT2D eigenvalue weighted by atomic mass is 9.65. The molecule has 0 heteroatoms. The van der Waals surface area contributed by atoms with Crippen LogP contribution in [0, 0.1) is 0 Å². The highest BCUT2D eigenvalue weighted by Crippen LogP contribution is 2.53. The van der Waals surface area contributed by atoms with Crippen molar-refractivity contribution in [2.45, 2.75) is 17.3 Å². The zero-order chi connectivity index (χ0) is 33.8. The lowest BCUT2D eigenvalue weighted by Gasteiger charge is -2.37. The van der Waals surface area contributed by atoms with Gasteiger partial charge in [0.2, 0.25) is 0 Å². The van der Waals surface area contributed by atoms with E-state index in [-0.39, 0.29) is 11.8 Å². The largest absolute Gasteiger partial charge is 0.0701 e. The Labute approximate surface area is 300 Å². The molecule has 0 radical (unpaired) electrons. The molecule has 0 N–H and O–H groups in total. The van der Waals surface area contributed by atoms with E-state index < -0.39 is 5.41 Å². The minimum absolute atomic E-state index is 0.169. The van der Waals surface area contributed by atoms with Crippen molar-refractivity contribution >= 4 is 0 Å². The van der Waals surface area contributed by atoms with Crippen LogP contribution in [0.15, 0.2) is 206 Å². The third kappa shape index (κ3) is 4.53. The molecule has 0 heterocycles. The SMILES string of the molecule is c1ccc(C(c2ccccc2)(c2ccccc2)c2ccc(C3c4ccccc4-c4cc(C5c6ccccc6-c6ccccc65)ccc43)cc2)cc1. The van der Waals surface area contributed by atoms with Crippen molar-refractivity contribution in [2.24, 2.45) is 0 Å². The van der Waals surface area contributed by atoms with Crippen LogP contribution < -0.4 is 0 Å². The molecule has 2 aliphatic carbocycles. The molecule has 0 fully saturated rings. The van der Waals surface area contributed by atoms with Crippen molar-refractivity contribution in [1.29, 1.82) is 0 Å². The molecule has 8 aromatic carbocycles. The molecular weight excluding hydrogens is 613 g/mol. The number of hydrogen-bond acceptors (Lipinski definition) is 0. The maximum atomic E-state index is 2.48. The highest BCUT2D eigenvalue weighted by atomic mass is 14.4. The quantitative estimate of drug-likeness (QED) is 0.157. The molecule has 1 atom stereocenters. The van der Waals surface area contributed by atoms with E-state index in [4.69, 9.17) is 0 Å². The van der Waals surface area contributed by atoms with Crippen LogP contribution in [-0.4, -0.2) is 0 Å². The Morgan fingerprint density at radius 1 is 0.255 bits per heavy atom. The molecule has 2 aliphatic rings. The fraction of sp³-hybridized carbons (Fsp3) is 0.0588. The Morgan fingerprint density at radius 2 is 0.588 bits per heavy atom. The van der Waals surface area contributed by atoms with Gasteiger partial charge in [0.1, 0.15) is 0 Å². The fourth-order valence-corrected chi connectivity index (χ4v) is 9.26. The molecule has 0 aliphatic heterocycles. The summed E-state index contributed by atoms with van der Waals surface area (Å²) in [6.45, 7) is 0. The van der Waals surface area contributed by atoms with Gasteiger partial charge in [0, 0.05) is 11.8 Å². The summed E-state index contributed by atoms with van der Waals surface area (Å²) < 4.78 is 0. The first-order chi connectivity index (χ1) is 25.3. The average Bonchev–Trinajstić information content (AvgIpc) is 3.72. The second kappa shape index (κ2) is 12.0. The number of rotatable bonds is 6. The molecule has 1 unspecified atom stereocenters. The Bertz CT molecular complexity index is 2370. The minimum Gasteiger partial charge on any atom is -0.0622 e. The predicted molar refractivity (Wildman–Crippen MR) is 210 cm³/mol. The molecule has 0 nitrogen and oxygen atoms in total. The van der Waals surface area contributed by atoms with Crippen LogP contribution in [0.5, 0.6) is 0 Å². The van der Waals surface area contributed by atoms with Crippen LogP contribution in [-0.2, 0) is 5.41 Å². The maximum absolute atomic E-state index is 2.48. The van der Waals surface area contributed by atoms with Crippen LogP contribution >= 0.6 is 0 Å². The van der Waals surface area contributed by atoms with E-state index in [1.807, 2.05) is 0 Å². The van der Waals surface area contributed by atoms with Crippen LogP contribution in [0.2, 0.25) is 0 Å². The first-order valence-corrected chi connectivity index (χ1v) is 18.0. The van der Waals surface area contributed by atoms with Crippen LogP contribution in [0.25, 0.3) is 22.3 Å². The topological polar surface area (TPSA) is 0 Å². The van der Waals surface area contributed by atoms with Gasteiger partial charge in [0.05, 0.1) is 5.41 Å². The van der Waals surface area contributed by atoms with Crippen molar-refractivity contribution in [3.8, 4) is 22.3 Å². The van der Waals surface area contributed by atoms with Gasteiger partial charge >= 0.3 is 0 Å². The lowest BCUT2D eigenvalue weighted by Crippen LogP contribution is -2.31. The molecule has 0 spiro atoms. The number of fused-ring (bicyclic) bond motifs is 6. The summed E-state index contributed by atoms with van der Waals surface area (Å²) in [5.41, 5.74) is 18.2. The third-order valence-electron chi connectivity index (χ3n) is 11.4. The van der Waals surface area contributed by atoms with Gasteiger partial charge in [-0.15, -0.1) is 0 Å². The summed E-state index contributed by atoms with van der Waals surface area (Å²) in [4.78, 5) is 0. The Balaban J connectivity index is 1.11. The average molecular weight is 649 g/mol. The van der Waals surface area contributed by atoms with Gasteiger partial charge in [-0.1, -0.05) is 200 Å². The van der Waals surface area contributed by atoms with E-state index in [1.54, 1.807) is 0 Å². The van der Waals surface area contributed by atoms with Crippen molar-refractivity contribution < 1.29 is 0 Å². The zero-order valence-corrected chi connectivity index (χ0v) is 28.3. The first-order valence-electron chi connectivity index (χ1n) is 18.0. The lowest BCUT2D eigenvalue weighted by molar-refractivity contribution is 0.744. The molecule has 0 bridgehead atoms. The summed E-state index contributed by atoms with van der Waals surface area (Å²) in [5, 5.41) is 0. The smallest absolute Gasteiger partial charge is 0.0622 e. The van der Waals surface area contributed by atoms with Gasteiger partial charge in [-0.3, -0.25) is 0 Å². The zero-order valence-electron chi connectivity index (χ0n) is 28.3. The highest BCUT2D eigenvalue weighted by molar-refractivity contribution is 5.84. The Hall–Kier alpha value is -6.24. The molecule has 0 amide bonds. The summed E-state index contributed by atoms with van der Waals surface area (Å²) in [6, 6.07) is 76.6. The second-order valence-electron chi connectivity index (χ2n) is 13.9. The van der Waals surface area contributed by atoms with Gasteiger partial charge in [-0.05, 0) is 84.0 Å². The van der Waals surface area contributed by atoms with Crippen LogP contribution in [0.1, 0.15) is 67.5 Å². The van der Waals surface area contributed by atoms with Crippen molar-refractivity contribution in [3.05, 3.63) is 262 Å². The van der Waals surface area contributed by atoms with E-state index in [1.165, 1.54) is 77.9 Å². The maximum Gasteiger partial charge on any atom is 0.0701 e. The highest BCUT2D eigenvalue weighted by Gasteiger charge is 2.39. The summed E-state index contributed by atoms with van der Waals surface area (Å²) >= 11 is 0. The van der Waals surface area contributed by atoms with E-state index in [2.05, 4.69) is 206 Å². The van der Waals surface area contributed by atoms with Crippen molar-refractivity contribution in [2.75, 3.05) is 0 Å². The van der Waals surface area contributed by atoms with E-state index in [0.29, 0.717) is 0 Å². The van der Waals surface area contributed by atoms with Gasteiger partial charge < -0.3 is 0 Å². The molecule has 10 rings (SSSR count). The molecule has 0 aromatic heterocycles. The van der Waals surface area contributed by atoms with Crippen molar-refractivity contribution in [3.63, 3.8) is 0 Å². The van der Waals surface area contributed by atoms with Gasteiger partial charge in [-0.2, -0.15) is 0 Å². The van der Waals surface area contributed by atoms with E-state index in [0.717, 1.165) is 0 Å². The fourth-order valence-electron chi connectivity index (χ4n) is 9.26. The minimum atomic E-state index is -0.462. The number of benzene rings is 8. The summed E-state index contributed by atoms with van der Waals surface area (Å²) in [7, 11) is 0. The molecule has 8 aromatic rings. The van der Waals surface area contributed by atoms with Gasteiger partial charge in [0.15, 0.2) is 0 Å². The van der Waals surface area contributed by atoms with Crippen molar-refractivity contribution in [1.82, 2.24) is 0 Å². The predicted octanol–water partition coefficient (Wildman–Crippen LogP) is 12.4. The molecule has 240 valence electrons.